The molecule has 0 spiro atoms. The number of hydrogen-bond donors (Lipinski definition) is 0. The highest BCUT2D eigenvalue weighted by molar-refractivity contribution is 7.91. The van der Waals surface area contributed by atoms with Crippen molar-refractivity contribution >= 4 is 21.4 Å². The molecule has 3 rings (SSSR count). The standard InChI is InChI=1S/C19H20N2O5S/c22-19(16-7-4-8-17(13-16)21(23)24)20(18-10-12-27(25,26)14-18)11-9-15-5-2-1-3-6-15/h1-8,13,18H,9-12,14H2/t18-/m1/s1. The Bertz CT molecular complexity index is 944. The topological polar surface area (TPSA) is 97.6 Å². The van der Waals surface area contributed by atoms with Crippen LogP contribution in [0.2, 0.25) is 0 Å². The number of amides is 1. The maximum absolute atomic E-state index is 13.0. The molecule has 1 heterocycles. The average Bonchev–Trinajstić information content (AvgIpc) is 3.02. The number of nitrogens with zero attached hydrogens (tertiary/aromatic N) is 2. The number of sulfone groups is 1. The Kier molecular flexibility index (Phi) is 5.55. The van der Waals surface area contributed by atoms with E-state index in [-0.39, 0.29) is 28.7 Å². The SMILES string of the molecule is O=C(c1cccc([N+](=O)[O-])c1)N(CCc1ccccc1)[C@@H]1CCS(=O)(=O)C1. The second-order valence-electron chi connectivity index (χ2n) is 6.60. The van der Waals surface area contributed by atoms with Gasteiger partial charge in [-0.3, -0.25) is 14.9 Å². The summed E-state index contributed by atoms with van der Waals surface area (Å²) in [5, 5.41) is 11.0. The van der Waals surface area contributed by atoms with Gasteiger partial charge in [0.2, 0.25) is 0 Å². The maximum atomic E-state index is 13.0. The molecule has 27 heavy (non-hydrogen) atoms. The lowest BCUT2D eigenvalue weighted by Crippen LogP contribution is -2.42. The van der Waals surface area contributed by atoms with Gasteiger partial charge in [-0.05, 0) is 24.5 Å². The summed E-state index contributed by atoms with van der Waals surface area (Å²) < 4.78 is 23.8. The molecule has 0 aliphatic carbocycles. The molecule has 1 aliphatic heterocycles. The fraction of sp³-hybridized carbons (Fsp3) is 0.316. The highest BCUT2D eigenvalue weighted by atomic mass is 32.2. The van der Waals surface area contributed by atoms with Crippen molar-refractivity contribution in [2.24, 2.45) is 0 Å². The number of non-ortho nitro benzene ring substituents is 1. The maximum Gasteiger partial charge on any atom is 0.270 e. The second kappa shape index (κ2) is 7.87. The first-order valence-corrected chi connectivity index (χ1v) is 10.5. The van der Waals surface area contributed by atoms with E-state index in [0.717, 1.165) is 5.56 Å². The summed E-state index contributed by atoms with van der Waals surface area (Å²) in [5.41, 5.74) is 1.07. The number of rotatable bonds is 6. The summed E-state index contributed by atoms with van der Waals surface area (Å²) in [6.07, 6.45) is 0.968. The van der Waals surface area contributed by atoms with Gasteiger partial charge in [0.05, 0.1) is 16.4 Å². The first-order chi connectivity index (χ1) is 12.9. The summed E-state index contributed by atoms with van der Waals surface area (Å²) in [6, 6.07) is 14.7. The molecular weight excluding hydrogens is 368 g/mol. The van der Waals surface area contributed by atoms with E-state index in [9.17, 15) is 23.3 Å². The van der Waals surface area contributed by atoms with Crippen LogP contribution >= 0.6 is 0 Å². The molecule has 142 valence electrons. The van der Waals surface area contributed by atoms with Gasteiger partial charge >= 0.3 is 0 Å². The largest absolute Gasteiger partial charge is 0.334 e. The molecule has 0 radical (unpaired) electrons. The molecule has 7 nitrogen and oxygen atoms in total. The van der Waals surface area contributed by atoms with Crippen molar-refractivity contribution in [3.05, 3.63) is 75.8 Å². The zero-order valence-corrected chi connectivity index (χ0v) is 15.5. The van der Waals surface area contributed by atoms with Gasteiger partial charge in [-0.1, -0.05) is 36.4 Å². The van der Waals surface area contributed by atoms with Crippen LogP contribution < -0.4 is 0 Å². The Morgan fingerprint density at radius 3 is 2.52 bits per heavy atom. The van der Waals surface area contributed by atoms with Crippen molar-refractivity contribution in [2.75, 3.05) is 18.1 Å². The summed E-state index contributed by atoms with van der Waals surface area (Å²) in [7, 11) is -3.16. The molecule has 0 unspecified atom stereocenters. The van der Waals surface area contributed by atoms with Crippen LogP contribution in [0.25, 0.3) is 0 Å². The summed E-state index contributed by atoms with van der Waals surface area (Å²) >= 11 is 0. The predicted octanol–water partition coefficient (Wildman–Crippen LogP) is 2.47. The van der Waals surface area contributed by atoms with E-state index < -0.39 is 20.8 Å². The molecule has 2 aromatic carbocycles. The van der Waals surface area contributed by atoms with Gasteiger partial charge in [0.25, 0.3) is 11.6 Å². The number of nitro benzene ring substituents is 1. The minimum absolute atomic E-state index is 0.0573. The molecule has 1 fully saturated rings. The van der Waals surface area contributed by atoms with Crippen LogP contribution in [0.3, 0.4) is 0 Å². The molecule has 0 N–H and O–H groups in total. The van der Waals surface area contributed by atoms with Crippen molar-refractivity contribution < 1.29 is 18.1 Å². The number of nitro groups is 1. The zero-order chi connectivity index (χ0) is 19.4. The molecular formula is C19H20N2O5S. The molecule has 1 amide bonds. The Balaban J connectivity index is 1.85. The van der Waals surface area contributed by atoms with Crippen LogP contribution in [0.4, 0.5) is 5.69 Å². The number of carbonyl (C=O) groups excluding carboxylic acids is 1. The quantitative estimate of drug-likeness (QED) is 0.559. The van der Waals surface area contributed by atoms with Gasteiger partial charge in [-0.25, -0.2) is 8.42 Å². The lowest BCUT2D eigenvalue weighted by molar-refractivity contribution is -0.384. The molecule has 8 heteroatoms. The van der Waals surface area contributed by atoms with Gasteiger partial charge < -0.3 is 4.90 Å². The fourth-order valence-electron chi connectivity index (χ4n) is 3.28. The van der Waals surface area contributed by atoms with Crippen molar-refractivity contribution in [1.29, 1.82) is 0 Å². The van der Waals surface area contributed by atoms with Gasteiger partial charge in [0, 0.05) is 30.3 Å². The highest BCUT2D eigenvalue weighted by Gasteiger charge is 2.35. The first kappa shape index (κ1) is 19.0. The Morgan fingerprint density at radius 1 is 1.15 bits per heavy atom. The monoisotopic (exact) mass is 388 g/mol. The molecule has 1 aliphatic rings. The highest BCUT2D eigenvalue weighted by Crippen LogP contribution is 2.22. The van der Waals surface area contributed by atoms with Crippen LogP contribution in [-0.2, 0) is 16.3 Å². The van der Waals surface area contributed by atoms with Crippen molar-refractivity contribution in [3.8, 4) is 0 Å². The molecule has 2 aromatic rings. The Hall–Kier alpha value is -2.74. The van der Waals surface area contributed by atoms with Crippen LogP contribution in [0, 0.1) is 10.1 Å². The van der Waals surface area contributed by atoms with Gasteiger partial charge in [-0.2, -0.15) is 0 Å². The first-order valence-electron chi connectivity index (χ1n) is 8.65. The van der Waals surface area contributed by atoms with E-state index in [1.165, 1.54) is 24.3 Å². The van der Waals surface area contributed by atoms with E-state index in [4.69, 9.17) is 0 Å². The summed E-state index contributed by atoms with van der Waals surface area (Å²) in [4.78, 5) is 25.0. The number of carbonyl (C=O) groups is 1. The van der Waals surface area contributed by atoms with Crippen LogP contribution in [0.5, 0.6) is 0 Å². The van der Waals surface area contributed by atoms with E-state index >= 15 is 0 Å². The minimum atomic E-state index is -3.16. The van der Waals surface area contributed by atoms with E-state index in [0.29, 0.717) is 19.4 Å². The third-order valence-electron chi connectivity index (χ3n) is 4.70. The number of benzene rings is 2. The molecule has 0 saturated carbocycles. The normalized spacial score (nSPS) is 18.1. The summed E-state index contributed by atoms with van der Waals surface area (Å²) in [6.45, 7) is 0.353. The third-order valence-corrected chi connectivity index (χ3v) is 6.45. The molecule has 0 bridgehead atoms. The predicted molar refractivity (Wildman–Crippen MR) is 101 cm³/mol. The van der Waals surface area contributed by atoms with E-state index in [1.807, 2.05) is 30.3 Å². The van der Waals surface area contributed by atoms with Crippen molar-refractivity contribution in [2.45, 2.75) is 18.9 Å². The lowest BCUT2D eigenvalue weighted by Gasteiger charge is -2.28. The fourth-order valence-corrected chi connectivity index (χ4v) is 5.01. The zero-order valence-electron chi connectivity index (χ0n) is 14.7. The van der Waals surface area contributed by atoms with Gasteiger partial charge in [0.1, 0.15) is 0 Å². The average molecular weight is 388 g/mol. The lowest BCUT2D eigenvalue weighted by atomic mass is 10.1. The van der Waals surface area contributed by atoms with Gasteiger partial charge in [-0.15, -0.1) is 0 Å². The van der Waals surface area contributed by atoms with Gasteiger partial charge in [0.15, 0.2) is 9.84 Å². The second-order valence-corrected chi connectivity index (χ2v) is 8.83. The van der Waals surface area contributed by atoms with Crippen molar-refractivity contribution in [1.82, 2.24) is 4.90 Å². The van der Waals surface area contributed by atoms with Crippen LogP contribution in [0.15, 0.2) is 54.6 Å². The number of hydrogen-bond acceptors (Lipinski definition) is 5. The Morgan fingerprint density at radius 2 is 1.89 bits per heavy atom. The summed E-state index contributed by atoms with van der Waals surface area (Å²) in [5.74, 6) is -0.388. The van der Waals surface area contributed by atoms with Crippen molar-refractivity contribution in [3.63, 3.8) is 0 Å². The van der Waals surface area contributed by atoms with E-state index in [2.05, 4.69) is 0 Å². The molecule has 1 atom stereocenters. The van der Waals surface area contributed by atoms with Crippen LogP contribution in [-0.4, -0.2) is 48.2 Å². The van der Waals surface area contributed by atoms with E-state index in [1.54, 1.807) is 4.90 Å². The molecule has 0 aromatic heterocycles. The Labute approximate surface area is 157 Å². The minimum Gasteiger partial charge on any atom is -0.334 e. The smallest absolute Gasteiger partial charge is 0.270 e. The van der Waals surface area contributed by atoms with Crippen LogP contribution in [0.1, 0.15) is 22.3 Å². The third kappa shape index (κ3) is 4.71. The molecule has 1 saturated heterocycles.